The Balaban J connectivity index is 1.35. The number of amides is 2. The lowest BCUT2D eigenvalue weighted by Gasteiger charge is -2.41. The van der Waals surface area contributed by atoms with Crippen LogP contribution in [0, 0.1) is 23.7 Å². The molecule has 2 aliphatic carbocycles. The van der Waals surface area contributed by atoms with E-state index in [9.17, 15) is 14.4 Å². The van der Waals surface area contributed by atoms with Crippen molar-refractivity contribution in [1.82, 2.24) is 15.0 Å². The number of benzene rings is 2. The van der Waals surface area contributed by atoms with Gasteiger partial charge >= 0.3 is 0 Å². The van der Waals surface area contributed by atoms with Gasteiger partial charge in [0.2, 0.25) is 11.8 Å². The number of alkyl halides is 1. The summed E-state index contributed by atoms with van der Waals surface area (Å²) >= 11 is 3.81. The van der Waals surface area contributed by atoms with Crippen molar-refractivity contribution in [3.63, 3.8) is 0 Å². The second kappa shape index (κ2) is 9.31. The number of carbonyl (C=O) groups excluding carboxylic acids is 3. The van der Waals surface area contributed by atoms with Gasteiger partial charge in [0.1, 0.15) is 4.32 Å². The molecule has 2 bridgehead atoms. The fourth-order valence-electron chi connectivity index (χ4n) is 7.33. The number of rotatable bonds is 8. The van der Waals surface area contributed by atoms with Crippen molar-refractivity contribution < 1.29 is 24.6 Å². The minimum absolute atomic E-state index is 0.0873. The van der Waals surface area contributed by atoms with Crippen LogP contribution in [-0.4, -0.2) is 43.5 Å². The first kappa shape index (κ1) is 26.8. The average Bonchev–Trinajstić information content (AvgIpc) is 3.57. The fourth-order valence-corrected chi connectivity index (χ4v) is 8.58. The van der Waals surface area contributed by atoms with Crippen molar-refractivity contribution >= 4 is 44.7 Å². The van der Waals surface area contributed by atoms with E-state index in [0.717, 1.165) is 28.7 Å². The number of carbonyl (C=O) groups is 3. The predicted molar refractivity (Wildman–Crippen MR) is 151 cm³/mol. The molecule has 40 heavy (non-hydrogen) atoms. The van der Waals surface area contributed by atoms with Crippen molar-refractivity contribution in [1.29, 1.82) is 0 Å². The van der Waals surface area contributed by atoms with E-state index in [1.807, 2.05) is 74.5 Å². The molecule has 2 amide bonds. The van der Waals surface area contributed by atoms with Crippen LogP contribution in [0.1, 0.15) is 62.0 Å². The number of allylic oxidation sites excluding steroid dienone is 2. The van der Waals surface area contributed by atoms with Crippen molar-refractivity contribution in [3.05, 3.63) is 83.5 Å². The number of aromatic nitrogens is 2. The first-order valence-electron chi connectivity index (χ1n) is 13.7. The summed E-state index contributed by atoms with van der Waals surface area (Å²) in [5.41, 5.74) is 5.15. The topological polar surface area (TPSA) is 121 Å². The molecule has 1 saturated carbocycles. The van der Waals surface area contributed by atoms with E-state index in [0.29, 0.717) is 24.6 Å². The molecule has 4 unspecified atom stereocenters. The Labute approximate surface area is 241 Å². The van der Waals surface area contributed by atoms with Crippen LogP contribution in [0.2, 0.25) is 0 Å². The number of unbranched alkanes of at least 4 members (excludes halogenated alkanes) is 1. The number of ketones is 1. The summed E-state index contributed by atoms with van der Waals surface area (Å²) in [6, 6.07) is 19.4. The zero-order valence-corrected chi connectivity index (χ0v) is 24.4. The van der Waals surface area contributed by atoms with Crippen molar-refractivity contribution in [2.45, 2.75) is 50.4 Å². The van der Waals surface area contributed by atoms with E-state index in [4.69, 9.17) is 4.52 Å². The van der Waals surface area contributed by atoms with Crippen molar-refractivity contribution in [2.24, 2.45) is 16.7 Å². The highest BCUT2D eigenvalue weighted by atomic mass is 79.9. The van der Waals surface area contributed by atoms with E-state index in [2.05, 4.69) is 31.8 Å². The summed E-state index contributed by atoms with van der Waals surface area (Å²) in [6.07, 6.45) is 2.02. The predicted octanol–water partition coefficient (Wildman–Crippen LogP) is 4.17. The second-order valence-electron chi connectivity index (χ2n) is 11.5. The lowest BCUT2D eigenvalue weighted by Crippen LogP contribution is -2.53. The Hall–Kier alpha value is -3.43. The normalized spacial score (nSPS) is 30.0. The summed E-state index contributed by atoms with van der Waals surface area (Å²) in [5.74, 6) is -0.494. The number of likely N-dealkylation sites (tertiary alicyclic amines) is 1. The summed E-state index contributed by atoms with van der Waals surface area (Å²) < 4.78 is 3.87. The Morgan fingerprint density at radius 2 is 1.57 bits per heavy atom. The molecule has 2 heterocycles. The first-order chi connectivity index (χ1) is 19.1. The number of hydrogen-bond donors (Lipinski definition) is 1. The average molecular weight is 605 g/mol. The van der Waals surface area contributed by atoms with Crippen LogP contribution >= 0.6 is 15.9 Å². The molecule has 3 aromatic rings. The highest BCUT2D eigenvalue weighted by molar-refractivity contribution is 9.10. The van der Waals surface area contributed by atoms with E-state index in [-0.39, 0.29) is 30.2 Å². The molecule has 0 radical (unpaired) electrons. The molecule has 9 heteroatoms. The maximum atomic E-state index is 14.4. The third-order valence-corrected chi connectivity index (χ3v) is 10.8. The molecule has 3 aliphatic rings. The van der Waals surface area contributed by atoms with Gasteiger partial charge in [-0.25, -0.2) is 0 Å². The highest BCUT2D eigenvalue weighted by Crippen LogP contribution is 2.77. The van der Waals surface area contributed by atoms with Gasteiger partial charge in [-0.3, -0.25) is 19.3 Å². The summed E-state index contributed by atoms with van der Waals surface area (Å²) in [5, 5.41) is 3.82. The number of imide groups is 1. The van der Waals surface area contributed by atoms with Gasteiger partial charge in [0.05, 0.1) is 16.7 Å². The van der Waals surface area contributed by atoms with E-state index >= 15 is 0 Å². The van der Waals surface area contributed by atoms with Crippen LogP contribution in [0.5, 0.6) is 0 Å². The fraction of sp³-hybridized carbons (Fsp3) is 0.387. The van der Waals surface area contributed by atoms with Gasteiger partial charge in [0.15, 0.2) is 17.6 Å². The lowest BCUT2D eigenvalue weighted by molar-refractivity contribution is -0.433. The Morgan fingerprint density at radius 1 is 0.975 bits per heavy atom. The molecular weight excluding hydrogens is 572 g/mol. The minimum Gasteiger partial charge on any atom is -0.347 e. The van der Waals surface area contributed by atoms with Gasteiger partial charge < -0.3 is 10.3 Å². The Kier molecular flexibility index (Phi) is 6.23. The second-order valence-corrected chi connectivity index (χ2v) is 12.7. The number of halogens is 1. The van der Waals surface area contributed by atoms with E-state index < -0.39 is 21.1 Å². The Bertz CT molecular complexity index is 1550. The monoisotopic (exact) mass is 603 g/mol. The minimum atomic E-state index is -1.36. The van der Waals surface area contributed by atoms with Crippen molar-refractivity contribution in [3.8, 4) is 0 Å². The molecule has 1 aliphatic heterocycles. The number of Topliss-reactive ketones (excluding diaryl/α,β-unsaturated/α-hetero) is 1. The van der Waals surface area contributed by atoms with Gasteiger partial charge in [0.25, 0.3) is 5.89 Å². The lowest BCUT2D eigenvalue weighted by atomic mass is 9.63. The van der Waals surface area contributed by atoms with Crippen LogP contribution in [0.3, 0.4) is 0 Å². The number of hydrogen-bond acceptors (Lipinski definition) is 6. The van der Waals surface area contributed by atoms with Gasteiger partial charge in [-0.05, 0) is 55.9 Å². The number of aryl methyl sites for hydroxylation is 1. The van der Waals surface area contributed by atoms with E-state index in [1.54, 1.807) is 6.92 Å². The van der Waals surface area contributed by atoms with Crippen molar-refractivity contribution in [2.75, 3.05) is 6.54 Å². The third kappa shape index (κ3) is 3.37. The standard InChI is InChI=1S/C31H31BrN4O4/c1-18-34-25(40-35-18)21(33)16-10-11-17-36-26(37)24-29(2)22(19-12-6-4-7-13-19)23(20-14-8-5-9-15-20)30(3,27(29)38)31(24,32)28(36)39/h4-9,12-15,21,24H,10-11,16-17,33H2,1-3H3/p+1/t21-,24?,29?,30?,31?/m0/s1. The molecule has 2 aromatic carbocycles. The van der Waals surface area contributed by atoms with Crippen LogP contribution in [0.15, 0.2) is 65.2 Å². The smallest absolute Gasteiger partial charge is 0.284 e. The number of fused-ring (bicyclic) bond motifs is 5. The zero-order valence-electron chi connectivity index (χ0n) is 22.8. The summed E-state index contributed by atoms with van der Waals surface area (Å²) in [6.45, 7) is 5.74. The quantitative estimate of drug-likeness (QED) is 0.234. The van der Waals surface area contributed by atoms with Gasteiger partial charge in [-0.2, -0.15) is 4.98 Å². The first-order valence-corrected chi connectivity index (χ1v) is 14.5. The van der Waals surface area contributed by atoms with Crippen LogP contribution in [-0.2, 0) is 14.4 Å². The SMILES string of the molecule is Cc1noc([C@@H]([NH3+])CCCCN2C(=O)C3C4(C)C(=O)C(C)(C(c5ccccc5)=C4c4ccccc4)C3(Br)C2=O)n1. The largest absolute Gasteiger partial charge is 0.347 e. The van der Waals surface area contributed by atoms with Crippen LogP contribution in [0.4, 0.5) is 0 Å². The summed E-state index contributed by atoms with van der Waals surface area (Å²) in [4.78, 5) is 48.4. The Morgan fingerprint density at radius 3 is 2.15 bits per heavy atom. The molecule has 8 nitrogen and oxygen atoms in total. The van der Waals surface area contributed by atoms with Gasteiger partial charge in [0, 0.05) is 13.0 Å². The van der Waals surface area contributed by atoms with Gasteiger partial charge in [-0.1, -0.05) is 81.8 Å². The molecular formula is C31H32BrN4O4+. The summed E-state index contributed by atoms with van der Waals surface area (Å²) in [7, 11) is 0. The zero-order chi connectivity index (χ0) is 28.4. The third-order valence-electron chi connectivity index (χ3n) is 9.17. The highest BCUT2D eigenvalue weighted by Gasteiger charge is 2.85. The maximum Gasteiger partial charge on any atom is 0.284 e. The molecule has 0 spiro atoms. The molecule has 1 aromatic heterocycles. The van der Waals surface area contributed by atoms with Crippen LogP contribution in [0.25, 0.3) is 11.1 Å². The molecule has 5 atom stereocenters. The molecule has 6 rings (SSSR count). The van der Waals surface area contributed by atoms with Gasteiger partial charge in [-0.15, -0.1) is 0 Å². The molecule has 1 saturated heterocycles. The molecule has 3 N–H and O–H groups in total. The number of quaternary nitrogens is 1. The maximum absolute atomic E-state index is 14.4. The molecule has 2 fully saturated rings. The number of nitrogens with zero attached hydrogens (tertiary/aromatic N) is 3. The molecule has 206 valence electrons. The van der Waals surface area contributed by atoms with E-state index in [1.165, 1.54) is 4.90 Å². The van der Waals surface area contributed by atoms with Crippen LogP contribution < -0.4 is 5.73 Å².